The summed E-state index contributed by atoms with van der Waals surface area (Å²) in [6.07, 6.45) is 9.45. The molecule has 0 bridgehead atoms. The molecule has 20 heavy (non-hydrogen) atoms. The highest BCUT2D eigenvalue weighted by Crippen LogP contribution is 2.39. The Morgan fingerprint density at radius 1 is 1.30 bits per heavy atom. The van der Waals surface area contributed by atoms with E-state index in [0.717, 1.165) is 18.1 Å². The van der Waals surface area contributed by atoms with Crippen LogP contribution in [-0.2, 0) is 6.42 Å². The number of fused-ring (bicyclic) bond motifs is 1. The summed E-state index contributed by atoms with van der Waals surface area (Å²) in [7, 11) is 0. The van der Waals surface area contributed by atoms with Crippen molar-refractivity contribution in [2.24, 2.45) is 5.92 Å². The molecule has 110 valence electrons. The van der Waals surface area contributed by atoms with Crippen LogP contribution in [0.15, 0.2) is 18.2 Å². The lowest BCUT2D eigenvalue weighted by molar-refractivity contribution is 0.138. The molecule has 1 atom stereocenters. The van der Waals surface area contributed by atoms with Crippen molar-refractivity contribution in [1.29, 1.82) is 0 Å². The van der Waals surface area contributed by atoms with Gasteiger partial charge in [0.1, 0.15) is 11.4 Å². The van der Waals surface area contributed by atoms with Gasteiger partial charge in [-0.15, -0.1) is 0 Å². The van der Waals surface area contributed by atoms with Crippen molar-refractivity contribution >= 4 is 15.9 Å². The van der Waals surface area contributed by atoms with Crippen molar-refractivity contribution in [2.45, 2.75) is 69.2 Å². The topological polar surface area (TPSA) is 9.23 Å². The summed E-state index contributed by atoms with van der Waals surface area (Å²) < 4.78 is 5.95. The molecule has 1 nitrogen and oxygen atoms in total. The SMILES string of the molecule is CC1(C)Cc2cc(C(Br)CCC3CCCC3)ccc2O1. The minimum Gasteiger partial charge on any atom is -0.487 e. The number of benzene rings is 1. The summed E-state index contributed by atoms with van der Waals surface area (Å²) in [4.78, 5) is 0.497. The van der Waals surface area contributed by atoms with Gasteiger partial charge in [-0.1, -0.05) is 53.7 Å². The zero-order valence-corrected chi connectivity index (χ0v) is 14.2. The Balaban J connectivity index is 1.62. The van der Waals surface area contributed by atoms with E-state index in [4.69, 9.17) is 4.74 Å². The fourth-order valence-corrected chi connectivity index (χ4v) is 4.22. The Morgan fingerprint density at radius 2 is 2.05 bits per heavy atom. The predicted octanol–water partition coefficient (Wildman–Crippen LogP) is 5.81. The third kappa shape index (κ3) is 3.21. The lowest BCUT2D eigenvalue weighted by atomic mass is 9.96. The zero-order valence-electron chi connectivity index (χ0n) is 12.6. The Morgan fingerprint density at radius 3 is 2.80 bits per heavy atom. The third-order valence-electron chi connectivity index (χ3n) is 4.75. The van der Waals surface area contributed by atoms with E-state index in [-0.39, 0.29) is 5.60 Å². The molecule has 1 aromatic rings. The first-order valence-electron chi connectivity index (χ1n) is 7.99. The van der Waals surface area contributed by atoms with Gasteiger partial charge >= 0.3 is 0 Å². The van der Waals surface area contributed by atoms with Crippen LogP contribution in [0.5, 0.6) is 5.75 Å². The maximum absolute atomic E-state index is 5.95. The first-order chi connectivity index (χ1) is 9.53. The van der Waals surface area contributed by atoms with E-state index < -0.39 is 0 Å². The van der Waals surface area contributed by atoms with Crippen molar-refractivity contribution in [2.75, 3.05) is 0 Å². The van der Waals surface area contributed by atoms with Crippen LogP contribution >= 0.6 is 15.9 Å². The number of ether oxygens (including phenoxy) is 1. The highest BCUT2D eigenvalue weighted by atomic mass is 79.9. The highest BCUT2D eigenvalue weighted by molar-refractivity contribution is 9.09. The number of halogens is 1. The fourth-order valence-electron chi connectivity index (χ4n) is 3.67. The van der Waals surface area contributed by atoms with Crippen molar-refractivity contribution < 1.29 is 4.74 Å². The van der Waals surface area contributed by atoms with E-state index in [9.17, 15) is 0 Å². The van der Waals surface area contributed by atoms with Crippen molar-refractivity contribution in [3.63, 3.8) is 0 Å². The molecule has 3 rings (SSSR count). The highest BCUT2D eigenvalue weighted by Gasteiger charge is 2.30. The summed E-state index contributed by atoms with van der Waals surface area (Å²) in [6, 6.07) is 6.73. The molecule has 1 aromatic carbocycles. The lowest BCUT2D eigenvalue weighted by Crippen LogP contribution is -2.24. The van der Waals surface area contributed by atoms with Crippen LogP contribution < -0.4 is 4.74 Å². The normalized spacial score (nSPS) is 22.6. The van der Waals surface area contributed by atoms with Crippen LogP contribution in [0.2, 0.25) is 0 Å². The second-order valence-electron chi connectivity index (χ2n) is 7.10. The molecule has 1 aliphatic carbocycles. The van der Waals surface area contributed by atoms with E-state index in [0.29, 0.717) is 4.83 Å². The molecule has 1 aliphatic heterocycles. The standard InChI is InChI=1S/C18H25BrO/c1-18(2)12-15-11-14(8-10-17(15)20-18)16(19)9-7-13-5-3-4-6-13/h8,10-11,13,16H,3-7,9,12H2,1-2H3. The molecule has 1 fully saturated rings. The Labute approximate surface area is 131 Å². The average Bonchev–Trinajstić information content (AvgIpc) is 2.99. The van der Waals surface area contributed by atoms with E-state index >= 15 is 0 Å². The predicted molar refractivity (Wildman–Crippen MR) is 87.7 cm³/mol. The Bertz CT molecular complexity index is 474. The molecule has 2 aliphatic rings. The van der Waals surface area contributed by atoms with Crippen LogP contribution in [0.3, 0.4) is 0 Å². The summed E-state index contributed by atoms with van der Waals surface area (Å²) >= 11 is 3.89. The molecular weight excluding hydrogens is 312 g/mol. The van der Waals surface area contributed by atoms with E-state index in [1.54, 1.807) is 0 Å². The van der Waals surface area contributed by atoms with Gasteiger partial charge in [0.05, 0.1) is 0 Å². The van der Waals surface area contributed by atoms with E-state index in [2.05, 4.69) is 48.0 Å². The Kier molecular flexibility index (Phi) is 4.12. The van der Waals surface area contributed by atoms with Gasteiger partial charge in [-0.25, -0.2) is 0 Å². The van der Waals surface area contributed by atoms with Crippen LogP contribution in [0.4, 0.5) is 0 Å². The van der Waals surface area contributed by atoms with Crippen LogP contribution in [0, 0.1) is 5.92 Å². The molecule has 1 unspecified atom stereocenters. The minimum atomic E-state index is -0.0351. The molecule has 1 saturated carbocycles. The third-order valence-corrected chi connectivity index (χ3v) is 5.74. The number of rotatable bonds is 4. The van der Waals surface area contributed by atoms with Crippen molar-refractivity contribution in [3.05, 3.63) is 29.3 Å². The summed E-state index contributed by atoms with van der Waals surface area (Å²) in [5.74, 6) is 2.06. The summed E-state index contributed by atoms with van der Waals surface area (Å²) in [5, 5.41) is 0. The summed E-state index contributed by atoms with van der Waals surface area (Å²) in [6.45, 7) is 4.33. The molecule has 0 spiro atoms. The number of hydrogen-bond donors (Lipinski definition) is 0. The smallest absolute Gasteiger partial charge is 0.123 e. The maximum atomic E-state index is 5.95. The van der Waals surface area contributed by atoms with Gasteiger partial charge in [0.2, 0.25) is 0 Å². The lowest BCUT2D eigenvalue weighted by Gasteiger charge is -2.16. The van der Waals surface area contributed by atoms with Gasteiger partial charge < -0.3 is 4.74 Å². The van der Waals surface area contributed by atoms with Crippen LogP contribution in [-0.4, -0.2) is 5.60 Å². The molecule has 0 saturated heterocycles. The average molecular weight is 337 g/mol. The van der Waals surface area contributed by atoms with Gasteiger partial charge in [0, 0.05) is 11.2 Å². The summed E-state index contributed by atoms with van der Waals surface area (Å²) in [5.41, 5.74) is 2.76. The monoisotopic (exact) mass is 336 g/mol. The molecule has 0 amide bonds. The molecule has 1 heterocycles. The molecular formula is C18H25BrO. The quantitative estimate of drug-likeness (QED) is 0.630. The first-order valence-corrected chi connectivity index (χ1v) is 8.91. The maximum Gasteiger partial charge on any atom is 0.123 e. The molecule has 0 radical (unpaired) electrons. The van der Waals surface area contributed by atoms with Crippen molar-refractivity contribution in [3.8, 4) is 5.75 Å². The molecule has 0 aromatic heterocycles. The van der Waals surface area contributed by atoms with Crippen molar-refractivity contribution in [1.82, 2.24) is 0 Å². The van der Waals surface area contributed by atoms with Gasteiger partial charge in [0.15, 0.2) is 0 Å². The van der Waals surface area contributed by atoms with E-state index in [1.807, 2.05) is 0 Å². The van der Waals surface area contributed by atoms with Gasteiger partial charge in [-0.2, -0.15) is 0 Å². The second kappa shape index (κ2) is 5.71. The number of alkyl halides is 1. The van der Waals surface area contributed by atoms with E-state index in [1.165, 1.54) is 49.7 Å². The van der Waals surface area contributed by atoms with Gasteiger partial charge in [0.25, 0.3) is 0 Å². The van der Waals surface area contributed by atoms with Gasteiger partial charge in [-0.05, 0) is 49.8 Å². The second-order valence-corrected chi connectivity index (χ2v) is 8.21. The van der Waals surface area contributed by atoms with Crippen LogP contribution in [0.1, 0.15) is 68.3 Å². The van der Waals surface area contributed by atoms with Crippen LogP contribution in [0.25, 0.3) is 0 Å². The minimum absolute atomic E-state index is 0.0351. The fraction of sp³-hybridized carbons (Fsp3) is 0.667. The largest absolute Gasteiger partial charge is 0.487 e. The molecule has 0 N–H and O–H groups in total. The van der Waals surface area contributed by atoms with Gasteiger partial charge in [-0.3, -0.25) is 0 Å². The first kappa shape index (κ1) is 14.4. The molecule has 2 heteroatoms. The number of hydrogen-bond acceptors (Lipinski definition) is 1. The zero-order chi connectivity index (χ0) is 14.2. The Hall–Kier alpha value is -0.500.